The third-order valence-electron chi connectivity index (χ3n) is 6.11. The van der Waals surface area contributed by atoms with Gasteiger partial charge in [-0.25, -0.2) is 8.42 Å². The van der Waals surface area contributed by atoms with Crippen molar-refractivity contribution in [1.29, 1.82) is 0 Å². The molecule has 8 heteroatoms. The average Bonchev–Trinajstić information content (AvgIpc) is 2.83. The van der Waals surface area contributed by atoms with E-state index in [0.717, 1.165) is 10.9 Å². The molecule has 1 saturated heterocycles. The Hall–Kier alpha value is -3.75. The van der Waals surface area contributed by atoms with E-state index in [1.165, 1.54) is 6.07 Å². The molecule has 1 amide bonds. The van der Waals surface area contributed by atoms with Gasteiger partial charge in [-0.05, 0) is 48.4 Å². The van der Waals surface area contributed by atoms with E-state index in [4.69, 9.17) is 0 Å². The molecule has 0 saturated carbocycles. The van der Waals surface area contributed by atoms with Gasteiger partial charge in [-0.15, -0.1) is 0 Å². The van der Waals surface area contributed by atoms with Gasteiger partial charge in [0.1, 0.15) is 10.5 Å². The number of aliphatic hydroxyl groups is 1. The molecular weight excluding hydrogens is 450 g/mol. The summed E-state index contributed by atoms with van der Waals surface area (Å²) < 4.78 is 28.8. The number of para-hydroxylation sites is 1. The molecule has 0 aliphatic carbocycles. The Labute approximate surface area is 197 Å². The number of nitrogens with zero attached hydrogens (tertiary/aromatic N) is 2. The molecule has 7 nitrogen and oxygen atoms in total. The van der Waals surface area contributed by atoms with Crippen molar-refractivity contribution in [1.82, 2.24) is 9.88 Å². The first-order valence-electron chi connectivity index (χ1n) is 10.8. The Kier molecular flexibility index (Phi) is 5.34. The highest BCUT2D eigenvalue weighted by molar-refractivity contribution is 7.93. The quantitative estimate of drug-likeness (QED) is 0.461. The van der Waals surface area contributed by atoms with Crippen LogP contribution >= 0.6 is 0 Å². The molecular formula is C26H23N3O4S. The minimum Gasteiger partial charge on any atom is -0.381 e. The van der Waals surface area contributed by atoms with Crippen molar-refractivity contribution in [2.24, 2.45) is 0 Å². The molecule has 1 fully saturated rings. The van der Waals surface area contributed by atoms with Crippen LogP contribution in [-0.4, -0.2) is 42.4 Å². The van der Waals surface area contributed by atoms with Crippen molar-refractivity contribution >= 4 is 32.5 Å². The number of pyridine rings is 1. The molecule has 0 atom stereocenters. The molecule has 0 bridgehead atoms. The zero-order chi connectivity index (χ0) is 23.9. The van der Waals surface area contributed by atoms with E-state index in [1.807, 2.05) is 42.5 Å². The summed E-state index contributed by atoms with van der Waals surface area (Å²) in [6.07, 6.45) is 1.56. The summed E-state index contributed by atoms with van der Waals surface area (Å²) in [6.45, 7) is 2.15. The lowest BCUT2D eigenvalue weighted by molar-refractivity contribution is -0.0863. The summed E-state index contributed by atoms with van der Waals surface area (Å²) in [4.78, 5) is 18.8. The van der Waals surface area contributed by atoms with E-state index in [2.05, 4.69) is 9.71 Å². The summed E-state index contributed by atoms with van der Waals surface area (Å²) in [5.41, 5.74) is 1.56. The van der Waals surface area contributed by atoms with Crippen LogP contribution in [0.15, 0.2) is 90.0 Å². The van der Waals surface area contributed by atoms with Crippen LogP contribution in [0.2, 0.25) is 0 Å². The lowest BCUT2D eigenvalue weighted by Gasteiger charge is -2.46. The number of anilines is 1. The minimum absolute atomic E-state index is 0.0888. The number of nitrogens with one attached hydrogen (secondary N) is 1. The van der Waals surface area contributed by atoms with Crippen molar-refractivity contribution in [3.63, 3.8) is 0 Å². The van der Waals surface area contributed by atoms with Crippen LogP contribution in [0.25, 0.3) is 10.9 Å². The summed E-state index contributed by atoms with van der Waals surface area (Å²) >= 11 is 0. The van der Waals surface area contributed by atoms with Crippen molar-refractivity contribution in [3.8, 4) is 0 Å². The van der Waals surface area contributed by atoms with Crippen molar-refractivity contribution in [2.45, 2.75) is 17.4 Å². The number of hydrogen-bond acceptors (Lipinski definition) is 5. The summed E-state index contributed by atoms with van der Waals surface area (Å²) in [5, 5.41) is 11.5. The van der Waals surface area contributed by atoms with Gasteiger partial charge in [-0.2, -0.15) is 0 Å². The van der Waals surface area contributed by atoms with E-state index in [1.54, 1.807) is 48.4 Å². The molecule has 0 radical (unpaired) electrons. The summed E-state index contributed by atoms with van der Waals surface area (Å²) in [5.74, 6) is -0.212. The highest BCUT2D eigenvalue weighted by Gasteiger charge is 2.45. The van der Waals surface area contributed by atoms with Gasteiger partial charge in [0.05, 0.1) is 24.3 Å². The third-order valence-corrected chi connectivity index (χ3v) is 7.50. The van der Waals surface area contributed by atoms with E-state index >= 15 is 0 Å². The second-order valence-electron chi connectivity index (χ2n) is 8.53. The second-order valence-corrected chi connectivity index (χ2v) is 10.2. The van der Waals surface area contributed by atoms with Gasteiger partial charge >= 0.3 is 0 Å². The van der Waals surface area contributed by atoms with Crippen LogP contribution in [-0.2, 0) is 15.6 Å². The lowest BCUT2D eigenvalue weighted by Crippen LogP contribution is -2.61. The lowest BCUT2D eigenvalue weighted by atomic mass is 9.85. The van der Waals surface area contributed by atoms with Crippen molar-refractivity contribution in [2.75, 3.05) is 17.8 Å². The first-order valence-corrected chi connectivity index (χ1v) is 12.3. The van der Waals surface area contributed by atoms with E-state index in [-0.39, 0.29) is 23.9 Å². The maximum absolute atomic E-state index is 13.1. The number of β-amino-alcohol motifs (C(OH)–C–C–N with tert-alkyl or cyclic N) is 1. The third kappa shape index (κ3) is 3.91. The molecule has 172 valence electrons. The molecule has 0 spiro atoms. The Morgan fingerprint density at radius 3 is 2.47 bits per heavy atom. The number of amides is 1. The molecule has 1 aromatic heterocycles. The van der Waals surface area contributed by atoms with Gasteiger partial charge in [0, 0.05) is 17.1 Å². The number of aryl methyl sites for hydroxylation is 1. The molecule has 34 heavy (non-hydrogen) atoms. The fourth-order valence-corrected chi connectivity index (χ4v) is 5.56. The van der Waals surface area contributed by atoms with Crippen LogP contribution < -0.4 is 4.72 Å². The summed E-state index contributed by atoms with van der Waals surface area (Å²) in [6, 6.07) is 22.7. The minimum atomic E-state index is -3.89. The number of benzene rings is 3. The first kappa shape index (κ1) is 22.1. The Bertz CT molecular complexity index is 1490. The van der Waals surface area contributed by atoms with E-state index < -0.39 is 15.6 Å². The first-order chi connectivity index (χ1) is 16.3. The standard InChI is InChI=1S/C26H23N3O4S/c1-18-15-20(25(30)29-16-26(31,17-29)21-9-3-2-4-10-21)12-13-22(18)28-34(32,33)23-11-5-7-19-8-6-14-27-24(19)23/h2-15,28,31H,16-17H2,1H3. The molecule has 1 aliphatic heterocycles. The second kappa shape index (κ2) is 8.23. The number of carbonyl (C=O) groups excluding carboxylic acids is 1. The highest BCUT2D eigenvalue weighted by Crippen LogP contribution is 2.33. The number of carbonyl (C=O) groups is 1. The average molecular weight is 474 g/mol. The van der Waals surface area contributed by atoms with Crippen LogP contribution in [0.5, 0.6) is 0 Å². The fraction of sp³-hybridized carbons (Fsp3) is 0.154. The topological polar surface area (TPSA) is 99.6 Å². The van der Waals surface area contributed by atoms with Crippen molar-refractivity contribution in [3.05, 3.63) is 102 Å². The van der Waals surface area contributed by atoms with Crippen LogP contribution in [0.4, 0.5) is 5.69 Å². The van der Waals surface area contributed by atoms with Crippen LogP contribution in [0.1, 0.15) is 21.5 Å². The number of sulfonamides is 1. The zero-order valence-electron chi connectivity index (χ0n) is 18.5. The Morgan fingerprint density at radius 2 is 1.74 bits per heavy atom. The molecule has 2 N–H and O–H groups in total. The van der Waals surface area contributed by atoms with Gasteiger partial charge in [0.15, 0.2) is 0 Å². The highest BCUT2D eigenvalue weighted by atomic mass is 32.2. The molecule has 5 rings (SSSR count). The molecule has 0 unspecified atom stereocenters. The predicted molar refractivity (Wildman–Crippen MR) is 130 cm³/mol. The van der Waals surface area contributed by atoms with E-state index in [9.17, 15) is 18.3 Å². The Balaban J connectivity index is 1.34. The van der Waals surface area contributed by atoms with E-state index in [0.29, 0.717) is 22.3 Å². The maximum atomic E-state index is 13.1. The predicted octanol–water partition coefficient (Wildman–Crippen LogP) is 3.69. The van der Waals surface area contributed by atoms with Gasteiger partial charge in [0.25, 0.3) is 15.9 Å². The normalized spacial score (nSPS) is 15.1. The van der Waals surface area contributed by atoms with Gasteiger partial charge in [-0.1, -0.05) is 48.5 Å². The Morgan fingerprint density at radius 1 is 1.00 bits per heavy atom. The number of likely N-dealkylation sites (tertiary alicyclic amines) is 1. The fourth-order valence-electron chi connectivity index (χ4n) is 4.25. The largest absolute Gasteiger partial charge is 0.381 e. The smallest absolute Gasteiger partial charge is 0.264 e. The molecule has 1 aliphatic rings. The van der Waals surface area contributed by atoms with Gasteiger partial charge in [0.2, 0.25) is 0 Å². The molecule has 2 heterocycles. The number of fused-ring (bicyclic) bond motifs is 1. The van der Waals surface area contributed by atoms with Gasteiger partial charge in [-0.3, -0.25) is 14.5 Å². The van der Waals surface area contributed by atoms with Crippen molar-refractivity contribution < 1.29 is 18.3 Å². The van der Waals surface area contributed by atoms with Gasteiger partial charge < -0.3 is 10.0 Å². The van der Waals surface area contributed by atoms with Crippen LogP contribution in [0, 0.1) is 6.92 Å². The maximum Gasteiger partial charge on any atom is 0.264 e. The summed E-state index contributed by atoms with van der Waals surface area (Å²) in [7, 11) is -3.89. The zero-order valence-corrected chi connectivity index (χ0v) is 19.3. The SMILES string of the molecule is Cc1cc(C(=O)N2CC(O)(c3ccccc3)C2)ccc1NS(=O)(=O)c1cccc2cccnc12. The monoisotopic (exact) mass is 473 g/mol. The molecule has 3 aromatic carbocycles. The number of hydrogen-bond donors (Lipinski definition) is 2. The van der Waals surface area contributed by atoms with Crippen LogP contribution in [0.3, 0.4) is 0 Å². The number of rotatable bonds is 5. The number of aromatic nitrogens is 1. The molecule has 4 aromatic rings.